The van der Waals surface area contributed by atoms with Gasteiger partial charge in [0, 0.05) is 57.4 Å². The molecule has 0 radical (unpaired) electrons. The van der Waals surface area contributed by atoms with Crippen LogP contribution in [-0.2, 0) is 9.53 Å². The fraction of sp³-hybridized carbons (Fsp3) is 0.579. The molecule has 0 saturated carbocycles. The van der Waals surface area contributed by atoms with Crippen LogP contribution in [-0.4, -0.2) is 68.6 Å². The molecule has 1 atom stereocenters. The van der Waals surface area contributed by atoms with Crippen molar-refractivity contribution in [3.05, 3.63) is 35.4 Å². The minimum Gasteiger partial charge on any atom is -0.469 e. The molecule has 1 fully saturated rings. The van der Waals surface area contributed by atoms with E-state index in [9.17, 15) is 13.6 Å². The second-order valence-electron chi connectivity index (χ2n) is 6.41. The Labute approximate surface area is 182 Å². The van der Waals surface area contributed by atoms with Crippen LogP contribution in [0.5, 0.6) is 0 Å². The molecule has 1 unspecified atom stereocenters. The van der Waals surface area contributed by atoms with Crippen molar-refractivity contribution in [3.63, 3.8) is 0 Å². The standard InChI is InChI=1S/C19H28F2N4O2.HI/c1-4-17(15-6-5-14(20)13-16(15)21)24-9-11-25(12-10-24)19(22-2)23-8-7-18(26)27-3;/h5-6,13,17H,4,7-12H2,1-3H3,(H,22,23);1H. The first-order chi connectivity index (χ1) is 13.0. The topological polar surface area (TPSA) is 57.2 Å². The fourth-order valence-corrected chi connectivity index (χ4v) is 3.40. The highest BCUT2D eigenvalue weighted by Crippen LogP contribution is 2.28. The summed E-state index contributed by atoms with van der Waals surface area (Å²) in [5.74, 6) is -0.586. The number of carbonyl (C=O) groups excluding carboxylic acids is 1. The Hall–Kier alpha value is -1.49. The number of rotatable bonds is 6. The van der Waals surface area contributed by atoms with Gasteiger partial charge in [-0.3, -0.25) is 14.7 Å². The van der Waals surface area contributed by atoms with Gasteiger partial charge >= 0.3 is 5.97 Å². The van der Waals surface area contributed by atoms with Gasteiger partial charge in [0.1, 0.15) is 11.6 Å². The van der Waals surface area contributed by atoms with Crippen molar-refractivity contribution in [2.75, 3.05) is 46.9 Å². The molecule has 6 nitrogen and oxygen atoms in total. The number of piperazine rings is 1. The number of carbonyl (C=O) groups is 1. The van der Waals surface area contributed by atoms with Gasteiger partial charge < -0.3 is 15.0 Å². The van der Waals surface area contributed by atoms with E-state index in [4.69, 9.17) is 0 Å². The SMILES string of the molecule is CCC(c1ccc(F)cc1F)N1CCN(C(=NC)NCCC(=O)OC)CC1.I. The van der Waals surface area contributed by atoms with Gasteiger partial charge in [0.2, 0.25) is 0 Å². The number of hydrogen-bond donors (Lipinski definition) is 1. The smallest absolute Gasteiger partial charge is 0.307 e. The van der Waals surface area contributed by atoms with Crippen LogP contribution in [0.4, 0.5) is 8.78 Å². The van der Waals surface area contributed by atoms with Gasteiger partial charge in [0.25, 0.3) is 0 Å². The molecule has 0 aromatic heterocycles. The second kappa shape index (κ2) is 12.2. The maximum atomic E-state index is 14.2. The lowest BCUT2D eigenvalue weighted by Gasteiger charge is -2.40. The molecule has 1 heterocycles. The summed E-state index contributed by atoms with van der Waals surface area (Å²) >= 11 is 0. The van der Waals surface area contributed by atoms with Crippen LogP contribution in [0, 0.1) is 11.6 Å². The van der Waals surface area contributed by atoms with Crippen LogP contribution < -0.4 is 5.32 Å². The van der Waals surface area contributed by atoms with Crippen molar-refractivity contribution in [1.29, 1.82) is 0 Å². The van der Waals surface area contributed by atoms with Crippen molar-refractivity contribution in [1.82, 2.24) is 15.1 Å². The molecular formula is C19H29F2IN4O2. The molecule has 1 aromatic rings. The van der Waals surface area contributed by atoms with Crippen LogP contribution >= 0.6 is 24.0 Å². The normalized spacial score (nSPS) is 16.3. The van der Waals surface area contributed by atoms with E-state index in [1.165, 1.54) is 13.2 Å². The molecule has 28 heavy (non-hydrogen) atoms. The Morgan fingerprint density at radius 1 is 1.29 bits per heavy atom. The monoisotopic (exact) mass is 510 g/mol. The quantitative estimate of drug-likeness (QED) is 0.276. The van der Waals surface area contributed by atoms with E-state index < -0.39 is 11.6 Å². The van der Waals surface area contributed by atoms with Crippen LogP contribution in [0.25, 0.3) is 0 Å². The van der Waals surface area contributed by atoms with Crippen LogP contribution in [0.3, 0.4) is 0 Å². The number of nitrogens with zero attached hydrogens (tertiary/aromatic N) is 3. The first-order valence-electron chi connectivity index (χ1n) is 9.21. The molecular weight excluding hydrogens is 481 g/mol. The van der Waals surface area contributed by atoms with E-state index in [1.807, 2.05) is 6.92 Å². The van der Waals surface area contributed by atoms with Crippen molar-refractivity contribution in [3.8, 4) is 0 Å². The maximum absolute atomic E-state index is 14.2. The predicted octanol–water partition coefficient (Wildman–Crippen LogP) is 2.79. The Balaban J connectivity index is 0.00000392. The van der Waals surface area contributed by atoms with Gasteiger partial charge in [-0.1, -0.05) is 13.0 Å². The summed E-state index contributed by atoms with van der Waals surface area (Å²) in [4.78, 5) is 19.8. The van der Waals surface area contributed by atoms with E-state index in [-0.39, 0.29) is 42.4 Å². The van der Waals surface area contributed by atoms with Gasteiger partial charge in [0.15, 0.2) is 5.96 Å². The average molecular weight is 510 g/mol. The zero-order valence-electron chi connectivity index (χ0n) is 16.6. The third kappa shape index (κ3) is 6.54. The first kappa shape index (κ1) is 24.5. The summed E-state index contributed by atoms with van der Waals surface area (Å²) in [5, 5.41) is 3.16. The fourth-order valence-electron chi connectivity index (χ4n) is 3.40. The molecule has 158 valence electrons. The number of guanidine groups is 1. The van der Waals surface area contributed by atoms with E-state index in [1.54, 1.807) is 13.1 Å². The van der Waals surface area contributed by atoms with E-state index in [2.05, 4.69) is 24.8 Å². The number of hydrogen-bond acceptors (Lipinski definition) is 4. The van der Waals surface area contributed by atoms with E-state index in [0.717, 1.165) is 44.6 Å². The minimum absolute atomic E-state index is 0. The minimum atomic E-state index is -0.558. The van der Waals surface area contributed by atoms with E-state index in [0.29, 0.717) is 12.1 Å². The zero-order valence-corrected chi connectivity index (χ0v) is 18.9. The summed E-state index contributed by atoms with van der Waals surface area (Å²) in [7, 11) is 3.07. The Morgan fingerprint density at radius 2 is 1.96 bits per heavy atom. The highest BCUT2D eigenvalue weighted by atomic mass is 127. The second-order valence-corrected chi connectivity index (χ2v) is 6.41. The zero-order chi connectivity index (χ0) is 19.8. The molecule has 9 heteroatoms. The number of nitrogens with one attached hydrogen (secondary N) is 1. The summed E-state index contributed by atoms with van der Waals surface area (Å²) < 4.78 is 32.0. The van der Waals surface area contributed by atoms with Crippen molar-refractivity contribution in [2.45, 2.75) is 25.8 Å². The van der Waals surface area contributed by atoms with Gasteiger partial charge in [-0.25, -0.2) is 8.78 Å². The lowest BCUT2D eigenvalue weighted by molar-refractivity contribution is -0.140. The molecule has 1 saturated heterocycles. The highest BCUT2D eigenvalue weighted by molar-refractivity contribution is 14.0. The molecule has 1 aliphatic heterocycles. The van der Waals surface area contributed by atoms with Crippen LogP contribution in [0.2, 0.25) is 0 Å². The molecule has 1 N–H and O–H groups in total. The number of esters is 1. The van der Waals surface area contributed by atoms with Crippen LogP contribution in [0.15, 0.2) is 23.2 Å². The summed E-state index contributed by atoms with van der Waals surface area (Å²) in [6.07, 6.45) is 1.02. The van der Waals surface area contributed by atoms with Gasteiger partial charge in [-0.2, -0.15) is 0 Å². The molecule has 0 amide bonds. The average Bonchev–Trinajstić information content (AvgIpc) is 2.68. The number of benzene rings is 1. The third-order valence-electron chi connectivity index (χ3n) is 4.81. The van der Waals surface area contributed by atoms with Crippen molar-refractivity contribution >= 4 is 35.9 Å². The highest BCUT2D eigenvalue weighted by Gasteiger charge is 2.27. The molecule has 0 aliphatic carbocycles. The number of methoxy groups -OCH3 is 1. The molecule has 0 spiro atoms. The van der Waals surface area contributed by atoms with Crippen molar-refractivity contribution < 1.29 is 18.3 Å². The Morgan fingerprint density at radius 3 is 2.50 bits per heavy atom. The summed E-state index contributed by atoms with van der Waals surface area (Å²) in [6.45, 7) is 5.42. The Kier molecular flexibility index (Phi) is 10.7. The summed E-state index contributed by atoms with van der Waals surface area (Å²) in [5.41, 5.74) is 0.535. The van der Waals surface area contributed by atoms with E-state index >= 15 is 0 Å². The molecule has 1 aromatic carbocycles. The predicted molar refractivity (Wildman–Crippen MR) is 116 cm³/mol. The van der Waals surface area contributed by atoms with Gasteiger partial charge in [-0.05, 0) is 12.5 Å². The number of halogens is 3. The summed E-state index contributed by atoms with van der Waals surface area (Å²) in [6, 6.07) is 3.71. The largest absolute Gasteiger partial charge is 0.469 e. The number of ether oxygens (including phenoxy) is 1. The Bertz CT molecular complexity index is 667. The first-order valence-corrected chi connectivity index (χ1v) is 9.21. The lowest BCUT2D eigenvalue weighted by atomic mass is 10.0. The molecule has 0 bridgehead atoms. The molecule has 2 rings (SSSR count). The lowest BCUT2D eigenvalue weighted by Crippen LogP contribution is -2.53. The third-order valence-corrected chi connectivity index (χ3v) is 4.81. The van der Waals surface area contributed by atoms with Crippen LogP contribution in [0.1, 0.15) is 31.4 Å². The van der Waals surface area contributed by atoms with Gasteiger partial charge in [0.05, 0.1) is 13.5 Å². The maximum Gasteiger partial charge on any atom is 0.307 e. The molecule has 1 aliphatic rings. The van der Waals surface area contributed by atoms with Crippen molar-refractivity contribution in [2.24, 2.45) is 4.99 Å². The van der Waals surface area contributed by atoms with Gasteiger partial charge in [-0.15, -0.1) is 24.0 Å². The number of aliphatic imine (C=N–C) groups is 1.